The molecule has 77 heavy (non-hydrogen) atoms. The number of carbonyl (C=O) groups excluding carboxylic acids is 3. The Morgan fingerprint density at radius 2 is 0.506 bits per heavy atom. The molecule has 0 N–H and O–H groups in total. The SMILES string of the molecule is CC/C=C\C/C=C\C/C=C\C/C=C\C/C=C\C/C=C\CCCCCCC(=O)OCC(COC(=O)CCCCCCC/C=C\CCCCCCCC)OC(=O)CCCCCCCCCCC/C=C\CCCCCCCCCC. The lowest BCUT2D eigenvalue weighted by atomic mass is 10.1. The molecule has 6 nitrogen and oxygen atoms in total. The third-order valence-electron chi connectivity index (χ3n) is 14.0. The number of hydrogen-bond donors (Lipinski definition) is 0. The first-order valence-corrected chi connectivity index (χ1v) is 32.7. The molecule has 1 atom stereocenters. The van der Waals surface area contributed by atoms with E-state index in [1.54, 1.807) is 0 Å². The van der Waals surface area contributed by atoms with E-state index in [1.165, 1.54) is 161 Å². The summed E-state index contributed by atoms with van der Waals surface area (Å²) in [7, 11) is 0. The van der Waals surface area contributed by atoms with E-state index >= 15 is 0 Å². The molecule has 0 aliphatic rings. The third kappa shape index (κ3) is 63.0. The Balaban J connectivity index is 4.42. The Kier molecular flexibility index (Phi) is 61.8. The Morgan fingerprint density at radius 1 is 0.273 bits per heavy atom. The zero-order chi connectivity index (χ0) is 55.7. The standard InChI is InChI=1S/C71H122O6/c1-4-7-10-13-16-19-22-25-28-30-32-34-35-37-38-40-43-46-49-52-55-58-61-64-70(73)76-67-68(66-75-69(72)63-60-57-54-51-48-45-42-27-24-21-18-15-12-9-6-3)77-71(74)65-62-59-56-53-50-47-44-41-39-36-33-31-29-26-23-20-17-14-11-8-5-2/h7,10,16,19,25,27-28,31-34,37-38,42-43,46,68H,4-6,8-9,11-15,17-18,20-24,26,29-30,35-36,39-41,44-45,47-67H2,1-3H3/b10-7-,19-16-,28-25-,33-31-,34-32-,38-37-,42-27-,46-43-. The maximum Gasteiger partial charge on any atom is 0.306 e. The van der Waals surface area contributed by atoms with Crippen LogP contribution in [-0.4, -0.2) is 37.2 Å². The van der Waals surface area contributed by atoms with E-state index in [2.05, 4.69) is 118 Å². The van der Waals surface area contributed by atoms with Crippen LogP contribution in [0.25, 0.3) is 0 Å². The highest BCUT2D eigenvalue weighted by Crippen LogP contribution is 2.16. The predicted octanol–water partition coefficient (Wildman–Crippen LogP) is 22.4. The molecular weight excluding hydrogens is 949 g/mol. The zero-order valence-electron chi connectivity index (χ0n) is 50.7. The molecule has 0 heterocycles. The molecule has 6 heteroatoms. The van der Waals surface area contributed by atoms with Gasteiger partial charge >= 0.3 is 17.9 Å². The van der Waals surface area contributed by atoms with Gasteiger partial charge in [0, 0.05) is 19.3 Å². The summed E-state index contributed by atoms with van der Waals surface area (Å²) in [6.07, 6.45) is 86.9. The van der Waals surface area contributed by atoms with Crippen LogP contribution in [0.2, 0.25) is 0 Å². The molecule has 0 aliphatic carbocycles. The van der Waals surface area contributed by atoms with Crippen LogP contribution in [0.1, 0.15) is 316 Å². The second-order valence-electron chi connectivity index (χ2n) is 21.6. The molecule has 0 rings (SSSR count). The highest BCUT2D eigenvalue weighted by molar-refractivity contribution is 5.71. The minimum Gasteiger partial charge on any atom is -0.462 e. The molecule has 0 saturated heterocycles. The predicted molar refractivity (Wildman–Crippen MR) is 334 cm³/mol. The highest BCUT2D eigenvalue weighted by Gasteiger charge is 2.19. The molecule has 0 radical (unpaired) electrons. The largest absolute Gasteiger partial charge is 0.462 e. The maximum atomic E-state index is 12.9. The van der Waals surface area contributed by atoms with Crippen LogP contribution in [0.3, 0.4) is 0 Å². The molecule has 0 spiro atoms. The lowest BCUT2D eigenvalue weighted by molar-refractivity contribution is -0.167. The van der Waals surface area contributed by atoms with Crippen molar-refractivity contribution >= 4 is 17.9 Å². The first-order valence-electron chi connectivity index (χ1n) is 32.7. The van der Waals surface area contributed by atoms with Crippen LogP contribution in [0.4, 0.5) is 0 Å². The van der Waals surface area contributed by atoms with E-state index in [4.69, 9.17) is 14.2 Å². The van der Waals surface area contributed by atoms with Crippen molar-refractivity contribution in [3.05, 3.63) is 97.2 Å². The van der Waals surface area contributed by atoms with Crippen molar-refractivity contribution in [1.29, 1.82) is 0 Å². The molecule has 0 fully saturated rings. The fourth-order valence-electron chi connectivity index (χ4n) is 9.14. The minimum absolute atomic E-state index is 0.0902. The summed E-state index contributed by atoms with van der Waals surface area (Å²) >= 11 is 0. The monoisotopic (exact) mass is 1070 g/mol. The van der Waals surface area contributed by atoms with Crippen molar-refractivity contribution in [1.82, 2.24) is 0 Å². The van der Waals surface area contributed by atoms with Gasteiger partial charge in [-0.15, -0.1) is 0 Å². The summed E-state index contributed by atoms with van der Waals surface area (Å²) in [4.78, 5) is 38.4. The van der Waals surface area contributed by atoms with Gasteiger partial charge < -0.3 is 14.2 Å². The van der Waals surface area contributed by atoms with Gasteiger partial charge in [-0.05, 0) is 122 Å². The molecule has 0 aromatic carbocycles. The van der Waals surface area contributed by atoms with Gasteiger partial charge in [-0.3, -0.25) is 14.4 Å². The van der Waals surface area contributed by atoms with Crippen LogP contribution in [-0.2, 0) is 28.6 Å². The second-order valence-corrected chi connectivity index (χ2v) is 21.6. The van der Waals surface area contributed by atoms with Crippen molar-refractivity contribution in [3.63, 3.8) is 0 Å². The first kappa shape index (κ1) is 73.3. The summed E-state index contributed by atoms with van der Waals surface area (Å²) < 4.78 is 16.9. The molecule has 0 amide bonds. The number of allylic oxidation sites excluding steroid dienone is 16. The van der Waals surface area contributed by atoms with Gasteiger partial charge in [0.05, 0.1) is 0 Å². The highest BCUT2D eigenvalue weighted by atomic mass is 16.6. The van der Waals surface area contributed by atoms with Crippen LogP contribution in [0.15, 0.2) is 97.2 Å². The molecular formula is C71H122O6. The smallest absolute Gasteiger partial charge is 0.306 e. The van der Waals surface area contributed by atoms with Crippen LogP contribution >= 0.6 is 0 Å². The van der Waals surface area contributed by atoms with E-state index in [-0.39, 0.29) is 31.1 Å². The Bertz CT molecular complexity index is 1510. The van der Waals surface area contributed by atoms with Crippen molar-refractivity contribution in [2.75, 3.05) is 13.2 Å². The quantitative estimate of drug-likeness (QED) is 0.0261. The minimum atomic E-state index is -0.795. The molecule has 0 aromatic rings. The molecule has 0 aliphatic heterocycles. The van der Waals surface area contributed by atoms with Crippen molar-refractivity contribution in [3.8, 4) is 0 Å². The first-order chi connectivity index (χ1) is 38.0. The Hall–Kier alpha value is -3.67. The number of hydrogen-bond acceptors (Lipinski definition) is 6. The summed E-state index contributed by atoms with van der Waals surface area (Å²) in [6, 6.07) is 0. The van der Waals surface area contributed by atoms with E-state index < -0.39 is 6.10 Å². The van der Waals surface area contributed by atoms with Crippen LogP contribution in [0.5, 0.6) is 0 Å². The van der Waals surface area contributed by atoms with Gasteiger partial charge in [-0.2, -0.15) is 0 Å². The Labute approximate surface area is 477 Å². The van der Waals surface area contributed by atoms with Gasteiger partial charge in [0.1, 0.15) is 13.2 Å². The summed E-state index contributed by atoms with van der Waals surface area (Å²) in [5.41, 5.74) is 0. The average Bonchev–Trinajstić information content (AvgIpc) is 3.43. The molecule has 1 unspecified atom stereocenters. The van der Waals surface area contributed by atoms with E-state index in [0.717, 1.165) is 116 Å². The summed E-state index contributed by atoms with van der Waals surface area (Å²) in [5.74, 6) is -0.915. The number of ether oxygens (including phenoxy) is 3. The van der Waals surface area contributed by atoms with Gasteiger partial charge in [0.25, 0.3) is 0 Å². The van der Waals surface area contributed by atoms with Crippen molar-refractivity contribution in [2.24, 2.45) is 0 Å². The second kappa shape index (κ2) is 64.9. The van der Waals surface area contributed by atoms with E-state index in [0.29, 0.717) is 19.3 Å². The fraction of sp³-hybridized carbons (Fsp3) is 0.732. The van der Waals surface area contributed by atoms with Crippen LogP contribution < -0.4 is 0 Å². The van der Waals surface area contributed by atoms with Crippen LogP contribution in [0, 0.1) is 0 Å². The average molecular weight is 1070 g/mol. The van der Waals surface area contributed by atoms with E-state index in [1.807, 2.05) is 0 Å². The van der Waals surface area contributed by atoms with Crippen molar-refractivity contribution in [2.45, 2.75) is 322 Å². The lowest BCUT2D eigenvalue weighted by Gasteiger charge is -2.18. The number of unbranched alkanes of at least 4 members (excludes halogenated alkanes) is 32. The summed E-state index contributed by atoms with van der Waals surface area (Å²) in [6.45, 7) is 6.52. The van der Waals surface area contributed by atoms with Gasteiger partial charge in [0.2, 0.25) is 0 Å². The zero-order valence-corrected chi connectivity index (χ0v) is 50.7. The number of esters is 3. The third-order valence-corrected chi connectivity index (χ3v) is 14.0. The normalized spacial score (nSPS) is 12.7. The Morgan fingerprint density at radius 3 is 0.805 bits per heavy atom. The number of carbonyl (C=O) groups is 3. The summed E-state index contributed by atoms with van der Waals surface area (Å²) in [5, 5.41) is 0. The molecule has 0 bridgehead atoms. The topological polar surface area (TPSA) is 78.9 Å². The van der Waals surface area contributed by atoms with Gasteiger partial charge in [-0.1, -0.05) is 272 Å². The van der Waals surface area contributed by atoms with E-state index in [9.17, 15) is 14.4 Å². The molecule has 0 saturated carbocycles. The van der Waals surface area contributed by atoms with Crippen molar-refractivity contribution < 1.29 is 28.6 Å². The fourth-order valence-corrected chi connectivity index (χ4v) is 9.14. The lowest BCUT2D eigenvalue weighted by Crippen LogP contribution is -2.30. The molecule has 442 valence electrons. The maximum absolute atomic E-state index is 12.9. The van der Waals surface area contributed by atoms with Gasteiger partial charge in [-0.25, -0.2) is 0 Å². The molecule has 0 aromatic heterocycles. The number of rotatable bonds is 59. The van der Waals surface area contributed by atoms with Gasteiger partial charge in [0.15, 0.2) is 6.10 Å².